The van der Waals surface area contributed by atoms with Gasteiger partial charge in [-0.25, -0.2) is 4.79 Å². The SMILES string of the molecule is CCCCn1c(=O)c2ccccc2n2c(SCC(=O)NC(=O)NC)nnc12. The van der Waals surface area contributed by atoms with E-state index in [2.05, 4.69) is 27.8 Å². The van der Waals surface area contributed by atoms with Gasteiger partial charge in [0.15, 0.2) is 5.16 Å². The number of hydrogen-bond donors (Lipinski definition) is 2. The molecule has 2 aromatic heterocycles. The topological polar surface area (TPSA) is 110 Å². The third-order valence-electron chi connectivity index (χ3n) is 4.03. The van der Waals surface area contributed by atoms with Gasteiger partial charge in [-0.1, -0.05) is 37.2 Å². The number of carbonyl (C=O) groups is 2. The Bertz CT molecular complexity index is 1060. The Balaban J connectivity index is 2.03. The molecule has 3 rings (SSSR count). The van der Waals surface area contributed by atoms with Gasteiger partial charge in [-0.15, -0.1) is 10.2 Å². The molecule has 0 aliphatic heterocycles. The number of unbranched alkanes of at least 4 members (excludes halogenated alkanes) is 1. The molecule has 27 heavy (non-hydrogen) atoms. The Morgan fingerprint density at radius 1 is 1.22 bits per heavy atom. The predicted octanol–water partition coefficient (Wildman–Crippen LogP) is 1.39. The molecular weight excluding hydrogens is 368 g/mol. The van der Waals surface area contributed by atoms with Gasteiger partial charge in [0, 0.05) is 13.6 Å². The lowest BCUT2D eigenvalue weighted by atomic mass is 10.2. The summed E-state index contributed by atoms with van der Waals surface area (Å²) in [4.78, 5) is 35.9. The number of carbonyl (C=O) groups excluding carboxylic acids is 2. The summed E-state index contributed by atoms with van der Waals surface area (Å²) in [6.45, 7) is 2.60. The molecule has 0 unspecified atom stereocenters. The number of thioether (sulfide) groups is 1. The molecule has 2 heterocycles. The number of nitrogens with zero attached hydrogens (tertiary/aromatic N) is 4. The Morgan fingerprint density at radius 2 is 2.00 bits per heavy atom. The van der Waals surface area contributed by atoms with Crippen molar-refractivity contribution in [2.45, 2.75) is 31.5 Å². The zero-order valence-electron chi connectivity index (χ0n) is 15.1. The predicted molar refractivity (Wildman–Crippen MR) is 103 cm³/mol. The second-order valence-corrected chi connectivity index (χ2v) is 6.80. The first kappa shape index (κ1) is 18.9. The fraction of sp³-hybridized carbons (Fsp3) is 0.353. The minimum atomic E-state index is -0.564. The zero-order chi connectivity index (χ0) is 19.4. The van der Waals surface area contributed by atoms with Crippen molar-refractivity contribution in [2.75, 3.05) is 12.8 Å². The van der Waals surface area contributed by atoms with Gasteiger partial charge in [-0.05, 0) is 18.6 Å². The molecule has 0 aliphatic rings. The van der Waals surface area contributed by atoms with E-state index in [-0.39, 0.29) is 11.3 Å². The first-order valence-electron chi connectivity index (χ1n) is 8.57. The summed E-state index contributed by atoms with van der Waals surface area (Å²) in [5, 5.41) is 13.9. The van der Waals surface area contributed by atoms with E-state index in [9.17, 15) is 14.4 Å². The monoisotopic (exact) mass is 388 g/mol. The minimum absolute atomic E-state index is 0.00335. The van der Waals surface area contributed by atoms with E-state index in [4.69, 9.17) is 0 Å². The van der Waals surface area contributed by atoms with Crippen LogP contribution < -0.4 is 16.2 Å². The van der Waals surface area contributed by atoms with E-state index >= 15 is 0 Å². The molecule has 10 heteroatoms. The number of imide groups is 1. The van der Waals surface area contributed by atoms with Crippen molar-refractivity contribution in [3.8, 4) is 0 Å². The highest BCUT2D eigenvalue weighted by molar-refractivity contribution is 7.99. The molecular formula is C17H20N6O3S. The summed E-state index contributed by atoms with van der Waals surface area (Å²) in [6.07, 6.45) is 1.79. The van der Waals surface area contributed by atoms with E-state index in [1.54, 1.807) is 15.0 Å². The molecule has 0 fully saturated rings. The molecule has 0 aliphatic carbocycles. The van der Waals surface area contributed by atoms with Gasteiger partial charge in [-0.2, -0.15) is 0 Å². The highest BCUT2D eigenvalue weighted by Crippen LogP contribution is 2.21. The van der Waals surface area contributed by atoms with E-state index in [0.717, 1.165) is 24.6 Å². The van der Waals surface area contributed by atoms with E-state index in [1.807, 2.05) is 18.2 Å². The van der Waals surface area contributed by atoms with Gasteiger partial charge in [0.25, 0.3) is 5.56 Å². The van der Waals surface area contributed by atoms with Crippen molar-refractivity contribution < 1.29 is 9.59 Å². The normalized spacial score (nSPS) is 11.0. The van der Waals surface area contributed by atoms with E-state index in [1.165, 1.54) is 7.05 Å². The number of rotatable bonds is 6. The molecule has 3 aromatic rings. The maximum Gasteiger partial charge on any atom is 0.321 e. The summed E-state index contributed by atoms with van der Waals surface area (Å²) in [6, 6.07) is 6.68. The number of nitrogens with one attached hydrogen (secondary N) is 2. The third-order valence-corrected chi connectivity index (χ3v) is 4.95. The van der Waals surface area contributed by atoms with Gasteiger partial charge < -0.3 is 5.32 Å². The van der Waals surface area contributed by atoms with Crippen molar-refractivity contribution in [3.63, 3.8) is 0 Å². The largest absolute Gasteiger partial charge is 0.341 e. The summed E-state index contributed by atoms with van der Waals surface area (Å²) >= 11 is 1.15. The van der Waals surface area contributed by atoms with E-state index < -0.39 is 11.9 Å². The highest BCUT2D eigenvalue weighted by Gasteiger charge is 2.17. The van der Waals surface area contributed by atoms with Crippen LogP contribution in [0.15, 0.2) is 34.2 Å². The lowest BCUT2D eigenvalue weighted by molar-refractivity contribution is -0.117. The average Bonchev–Trinajstić information content (AvgIpc) is 3.10. The molecule has 0 atom stereocenters. The lowest BCUT2D eigenvalue weighted by Crippen LogP contribution is -2.38. The van der Waals surface area contributed by atoms with Crippen molar-refractivity contribution >= 4 is 40.4 Å². The molecule has 9 nitrogen and oxygen atoms in total. The highest BCUT2D eigenvalue weighted by atomic mass is 32.2. The van der Waals surface area contributed by atoms with Crippen LogP contribution in [0.5, 0.6) is 0 Å². The molecule has 1 aromatic carbocycles. The number of urea groups is 1. The van der Waals surface area contributed by atoms with Crippen LogP contribution in [-0.4, -0.2) is 43.9 Å². The van der Waals surface area contributed by atoms with Crippen molar-refractivity contribution in [3.05, 3.63) is 34.6 Å². The summed E-state index contributed by atoms with van der Waals surface area (Å²) in [7, 11) is 1.43. The summed E-state index contributed by atoms with van der Waals surface area (Å²) in [5.41, 5.74) is 0.581. The number of amides is 3. The van der Waals surface area contributed by atoms with Gasteiger partial charge >= 0.3 is 6.03 Å². The van der Waals surface area contributed by atoms with Crippen LogP contribution in [-0.2, 0) is 11.3 Å². The second kappa shape index (κ2) is 8.21. The van der Waals surface area contributed by atoms with Crippen LogP contribution in [0.3, 0.4) is 0 Å². The molecule has 0 radical (unpaired) electrons. The Morgan fingerprint density at radius 3 is 2.74 bits per heavy atom. The molecule has 0 spiro atoms. The van der Waals surface area contributed by atoms with E-state index in [0.29, 0.717) is 28.4 Å². The Kier molecular flexibility index (Phi) is 5.75. The quantitative estimate of drug-likeness (QED) is 0.618. The molecule has 3 amide bonds. The molecule has 0 bridgehead atoms. The smallest absolute Gasteiger partial charge is 0.321 e. The van der Waals surface area contributed by atoms with Crippen molar-refractivity contribution in [2.24, 2.45) is 0 Å². The standard InChI is InChI=1S/C17H20N6O3S/c1-3-4-9-22-14(25)11-7-5-6-8-12(11)23-16(22)20-21-17(23)27-10-13(24)19-15(26)18-2/h5-8H,3-4,9-10H2,1-2H3,(H2,18,19,24,26). The van der Waals surface area contributed by atoms with Crippen LogP contribution in [0, 0.1) is 0 Å². The molecule has 2 N–H and O–H groups in total. The van der Waals surface area contributed by atoms with Crippen LogP contribution >= 0.6 is 11.8 Å². The number of fused-ring (bicyclic) bond motifs is 3. The van der Waals surface area contributed by atoms with Gasteiger partial charge in [0.2, 0.25) is 11.7 Å². The van der Waals surface area contributed by atoms with Gasteiger partial charge in [0.05, 0.1) is 16.7 Å². The molecule has 0 saturated carbocycles. The number of aryl methyl sites for hydroxylation is 1. The number of benzene rings is 1. The maximum atomic E-state index is 12.8. The number of aromatic nitrogens is 4. The number of para-hydroxylation sites is 1. The van der Waals surface area contributed by atoms with Crippen molar-refractivity contribution in [1.82, 2.24) is 29.8 Å². The summed E-state index contributed by atoms with van der Waals surface area (Å²) < 4.78 is 3.40. The fourth-order valence-corrected chi connectivity index (χ4v) is 3.44. The van der Waals surface area contributed by atoms with Crippen LogP contribution in [0.1, 0.15) is 19.8 Å². The molecule has 0 saturated heterocycles. The lowest BCUT2D eigenvalue weighted by Gasteiger charge is -2.10. The summed E-state index contributed by atoms with van der Waals surface area (Å²) in [5.74, 6) is -0.00236. The Labute approximate surface area is 159 Å². The fourth-order valence-electron chi connectivity index (χ4n) is 2.70. The first-order chi connectivity index (χ1) is 13.1. The maximum absolute atomic E-state index is 12.8. The zero-order valence-corrected chi connectivity index (χ0v) is 15.9. The minimum Gasteiger partial charge on any atom is -0.341 e. The van der Waals surface area contributed by atoms with Crippen LogP contribution in [0.25, 0.3) is 16.7 Å². The third kappa shape index (κ3) is 3.80. The van der Waals surface area contributed by atoms with Crippen LogP contribution in [0.2, 0.25) is 0 Å². The number of hydrogen-bond acceptors (Lipinski definition) is 6. The first-order valence-corrected chi connectivity index (χ1v) is 9.56. The molecule has 142 valence electrons. The van der Waals surface area contributed by atoms with Crippen molar-refractivity contribution in [1.29, 1.82) is 0 Å². The Hall–Kier alpha value is -2.88. The van der Waals surface area contributed by atoms with Gasteiger partial charge in [0.1, 0.15) is 0 Å². The van der Waals surface area contributed by atoms with Gasteiger partial charge in [-0.3, -0.25) is 23.9 Å². The average molecular weight is 388 g/mol. The second-order valence-electron chi connectivity index (χ2n) is 5.86. The van der Waals surface area contributed by atoms with Crippen LogP contribution in [0.4, 0.5) is 4.79 Å².